The second-order valence-corrected chi connectivity index (χ2v) is 6.96. The maximum Gasteiger partial charge on any atom is 0.328 e. The number of nitrogens with one attached hydrogen (secondary N) is 2. The molecule has 0 spiro atoms. The van der Waals surface area contributed by atoms with Gasteiger partial charge in [-0.3, -0.25) is 9.59 Å². The first kappa shape index (κ1) is 25.3. The summed E-state index contributed by atoms with van der Waals surface area (Å²) >= 11 is 0. The molecule has 5 N–H and O–H groups in total. The van der Waals surface area contributed by atoms with Crippen molar-refractivity contribution in [2.75, 3.05) is 0 Å². The Bertz CT molecular complexity index is 455. The van der Waals surface area contributed by atoms with Gasteiger partial charge in [0.1, 0.15) is 6.04 Å². The van der Waals surface area contributed by atoms with Crippen LogP contribution in [0.25, 0.3) is 0 Å². The van der Waals surface area contributed by atoms with Gasteiger partial charge in [-0.25, -0.2) is 4.79 Å². The minimum atomic E-state index is -1.51. The lowest BCUT2D eigenvalue weighted by Gasteiger charge is -2.25. The van der Waals surface area contributed by atoms with Crippen LogP contribution in [0.2, 0.25) is 0 Å². The lowest BCUT2D eigenvalue weighted by atomic mass is 10.0. The van der Waals surface area contributed by atoms with Crippen molar-refractivity contribution < 1.29 is 29.7 Å². The number of hydrogen-bond acceptors (Lipinski definition) is 5. The van der Waals surface area contributed by atoms with E-state index in [0.29, 0.717) is 6.42 Å². The van der Waals surface area contributed by atoms with E-state index in [1.54, 1.807) is 6.92 Å². The molecule has 0 aromatic heterocycles. The van der Waals surface area contributed by atoms with Crippen LogP contribution >= 0.6 is 0 Å². The van der Waals surface area contributed by atoms with Crippen LogP contribution in [0.4, 0.5) is 0 Å². The van der Waals surface area contributed by atoms with Gasteiger partial charge in [0.15, 0.2) is 6.04 Å². The molecule has 8 nitrogen and oxygen atoms in total. The Morgan fingerprint density at radius 2 is 1.41 bits per heavy atom. The van der Waals surface area contributed by atoms with E-state index < -0.39 is 36.2 Å². The Morgan fingerprint density at radius 3 is 1.89 bits per heavy atom. The molecule has 4 unspecified atom stereocenters. The zero-order valence-electron chi connectivity index (χ0n) is 16.7. The molecular formula is C19H36N2O6. The number of carbonyl (C=O) groups is 3. The molecule has 0 radical (unpaired) electrons. The van der Waals surface area contributed by atoms with Gasteiger partial charge < -0.3 is 26.0 Å². The summed E-state index contributed by atoms with van der Waals surface area (Å²) in [5.74, 6) is -2.58. The SMILES string of the molecule is CCCCCCCCCC(=O)NC(C(=O)NC(C(=O)O)C(C)O)C(O)CC. The molecule has 0 aromatic carbocycles. The highest BCUT2D eigenvalue weighted by Gasteiger charge is 2.32. The maximum absolute atomic E-state index is 12.3. The topological polar surface area (TPSA) is 136 Å². The fourth-order valence-corrected chi connectivity index (χ4v) is 2.69. The van der Waals surface area contributed by atoms with Crippen molar-refractivity contribution in [2.45, 2.75) is 103 Å². The van der Waals surface area contributed by atoms with E-state index >= 15 is 0 Å². The van der Waals surface area contributed by atoms with E-state index in [-0.39, 0.29) is 18.7 Å². The predicted octanol–water partition coefficient (Wildman–Crippen LogP) is 1.33. The number of aliphatic carboxylic acids is 1. The van der Waals surface area contributed by atoms with Crippen LogP contribution in [0.1, 0.15) is 78.6 Å². The molecule has 0 aliphatic carbocycles. The average Bonchev–Trinajstić information content (AvgIpc) is 2.61. The number of carboxylic acids is 1. The van der Waals surface area contributed by atoms with Crippen molar-refractivity contribution in [1.29, 1.82) is 0 Å². The number of carboxylic acid groups (broad SMARTS) is 1. The van der Waals surface area contributed by atoms with Crippen molar-refractivity contribution >= 4 is 17.8 Å². The Balaban J connectivity index is 4.53. The van der Waals surface area contributed by atoms with Crippen molar-refractivity contribution in [3.8, 4) is 0 Å². The van der Waals surface area contributed by atoms with E-state index in [0.717, 1.165) is 19.3 Å². The fourth-order valence-electron chi connectivity index (χ4n) is 2.69. The highest BCUT2D eigenvalue weighted by atomic mass is 16.4. The highest BCUT2D eigenvalue weighted by molar-refractivity contribution is 5.91. The number of carbonyl (C=O) groups excluding carboxylic acids is 2. The van der Waals surface area contributed by atoms with Crippen LogP contribution in [0.15, 0.2) is 0 Å². The van der Waals surface area contributed by atoms with Gasteiger partial charge >= 0.3 is 5.97 Å². The molecule has 2 amide bonds. The van der Waals surface area contributed by atoms with Gasteiger partial charge in [0.25, 0.3) is 0 Å². The van der Waals surface area contributed by atoms with Crippen LogP contribution in [-0.2, 0) is 14.4 Å². The summed E-state index contributed by atoms with van der Waals surface area (Å²) in [5, 5.41) is 33.2. The maximum atomic E-state index is 12.3. The molecule has 8 heteroatoms. The second-order valence-electron chi connectivity index (χ2n) is 6.96. The van der Waals surface area contributed by atoms with Crippen molar-refractivity contribution in [1.82, 2.24) is 10.6 Å². The van der Waals surface area contributed by atoms with E-state index in [1.807, 2.05) is 0 Å². The van der Waals surface area contributed by atoms with Crippen molar-refractivity contribution in [3.63, 3.8) is 0 Å². The molecule has 27 heavy (non-hydrogen) atoms. The number of aliphatic hydroxyl groups is 2. The smallest absolute Gasteiger partial charge is 0.328 e. The van der Waals surface area contributed by atoms with Gasteiger partial charge in [0.2, 0.25) is 11.8 Å². The highest BCUT2D eigenvalue weighted by Crippen LogP contribution is 2.09. The number of amides is 2. The van der Waals surface area contributed by atoms with Crippen LogP contribution < -0.4 is 10.6 Å². The second kappa shape index (κ2) is 14.4. The molecule has 0 fully saturated rings. The van der Waals surface area contributed by atoms with Gasteiger partial charge in [0, 0.05) is 6.42 Å². The predicted molar refractivity (Wildman–Crippen MR) is 102 cm³/mol. The van der Waals surface area contributed by atoms with Gasteiger partial charge in [-0.2, -0.15) is 0 Å². The molecule has 158 valence electrons. The molecular weight excluding hydrogens is 352 g/mol. The van der Waals surface area contributed by atoms with Crippen molar-refractivity contribution in [2.24, 2.45) is 0 Å². The largest absolute Gasteiger partial charge is 0.480 e. The molecule has 4 atom stereocenters. The molecule has 0 aliphatic heterocycles. The quantitative estimate of drug-likeness (QED) is 0.269. The van der Waals surface area contributed by atoms with Gasteiger partial charge in [-0.1, -0.05) is 52.4 Å². The molecule has 0 bridgehead atoms. The Morgan fingerprint density at radius 1 is 0.852 bits per heavy atom. The summed E-state index contributed by atoms with van der Waals surface area (Å²) in [6.45, 7) is 5.04. The number of rotatable bonds is 15. The summed E-state index contributed by atoms with van der Waals surface area (Å²) < 4.78 is 0. The van der Waals surface area contributed by atoms with Crippen LogP contribution in [0.3, 0.4) is 0 Å². The zero-order chi connectivity index (χ0) is 20.8. The molecule has 0 rings (SSSR count). The number of unbranched alkanes of at least 4 members (excludes halogenated alkanes) is 6. The van der Waals surface area contributed by atoms with E-state index in [2.05, 4.69) is 17.6 Å². The zero-order valence-corrected chi connectivity index (χ0v) is 16.7. The molecule has 0 aromatic rings. The third kappa shape index (κ3) is 10.9. The number of hydrogen-bond donors (Lipinski definition) is 5. The summed E-state index contributed by atoms with van der Waals surface area (Å²) in [6.07, 6.45) is 5.42. The van der Waals surface area contributed by atoms with Crippen LogP contribution in [0, 0.1) is 0 Å². The first-order valence-corrected chi connectivity index (χ1v) is 9.93. The Labute approximate surface area is 161 Å². The van der Waals surface area contributed by atoms with Gasteiger partial charge in [-0.05, 0) is 19.8 Å². The fraction of sp³-hybridized carbons (Fsp3) is 0.842. The monoisotopic (exact) mass is 388 g/mol. The first-order chi connectivity index (χ1) is 12.7. The minimum Gasteiger partial charge on any atom is -0.480 e. The summed E-state index contributed by atoms with van der Waals surface area (Å²) in [5.41, 5.74) is 0. The van der Waals surface area contributed by atoms with E-state index in [1.165, 1.54) is 26.2 Å². The lowest BCUT2D eigenvalue weighted by Crippen LogP contribution is -2.58. The summed E-state index contributed by atoms with van der Waals surface area (Å²) in [7, 11) is 0. The Kier molecular flexibility index (Phi) is 13.5. The van der Waals surface area contributed by atoms with Crippen molar-refractivity contribution in [3.05, 3.63) is 0 Å². The van der Waals surface area contributed by atoms with Gasteiger partial charge in [0.05, 0.1) is 12.2 Å². The molecule has 0 aliphatic rings. The van der Waals surface area contributed by atoms with E-state index in [4.69, 9.17) is 5.11 Å². The number of aliphatic hydroxyl groups excluding tert-OH is 2. The minimum absolute atomic E-state index is 0.211. The van der Waals surface area contributed by atoms with E-state index in [9.17, 15) is 24.6 Å². The third-order valence-corrected chi connectivity index (χ3v) is 4.46. The average molecular weight is 389 g/mol. The molecule has 0 saturated carbocycles. The normalized spacial score (nSPS) is 15.4. The standard InChI is InChI=1S/C19H36N2O6/c1-4-6-7-8-9-10-11-12-15(24)20-17(14(23)5-2)18(25)21-16(13(3)22)19(26)27/h13-14,16-17,22-23H,4-12H2,1-3H3,(H,20,24)(H,21,25)(H,26,27). The lowest BCUT2D eigenvalue weighted by molar-refractivity contribution is -0.145. The van der Waals surface area contributed by atoms with Gasteiger partial charge in [-0.15, -0.1) is 0 Å². The third-order valence-electron chi connectivity index (χ3n) is 4.46. The van der Waals surface area contributed by atoms with Crippen LogP contribution in [0.5, 0.6) is 0 Å². The van der Waals surface area contributed by atoms with Crippen LogP contribution in [-0.4, -0.2) is 57.4 Å². The summed E-state index contributed by atoms with van der Waals surface area (Å²) in [6, 6.07) is -2.77. The molecule has 0 saturated heterocycles. The summed E-state index contributed by atoms with van der Waals surface area (Å²) in [4.78, 5) is 35.5. The Hall–Kier alpha value is -1.67. The molecule has 0 heterocycles. The first-order valence-electron chi connectivity index (χ1n) is 9.93.